The van der Waals surface area contributed by atoms with Crippen LogP contribution in [0, 0.1) is 23.7 Å². The maximum Gasteiger partial charge on any atom is 0.251 e. The molecule has 0 aliphatic carbocycles. The van der Waals surface area contributed by atoms with Gasteiger partial charge in [-0.15, -0.1) is 0 Å². The average molecular weight is 708 g/mol. The van der Waals surface area contributed by atoms with Gasteiger partial charge in [0.05, 0.1) is 4.90 Å². The van der Waals surface area contributed by atoms with Gasteiger partial charge < -0.3 is 26.6 Å². The van der Waals surface area contributed by atoms with Crippen LogP contribution in [0.15, 0.2) is 29.2 Å². The molecule has 0 spiro atoms. The first kappa shape index (κ1) is 43.5. The second kappa shape index (κ2) is 20.9. The van der Waals surface area contributed by atoms with Gasteiger partial charge in [-0.3, -0.25) is 24.0 Å². The maximum absolute atomic E-state index is 13.6. The van der Waals surface area contributed by atoms with Crippen molar-refractivity contribution in [1.29, 1.82) is 0 Å². The van der Waals surface area contributed by atoms with Crippen molar-refractivity contribution in [2.45, 2.75) is 130 Å². The van der Waals surface area contributed by atoms with E-state index in [4.69, 9.17) is 0 Å². The molecule has 5 amide bonds. The molecule has 1 aromatic rings. The highest BCUT2D eigenvalue weighted by molar-refractivity contribution is 7.90. The molecule has 6 atom stereocenters. The van der Waals surface area contributed by atoms with Crippen molar-refractivity contribution in [3.8, 4) is 0 Å². The van der Waals surface area contributed by atoms with E-state index in [1.807, 2.05) is 62.3 Å². The molecule has 1 aromatic carbocycles. The summed E-state index contributed by atoms with van der Waals surface area (Å²) < 4.78 is 23.6. The summed E-state index contributed by atoms with van der Waals surface area (Å²) in [6, 6.07) is 2.84. The standard InChI is InChI=1S/C36H61N5O7S/c1-11-14-29(39-36(46)31(24(8)12-2)41-33(43)26-16-19-28(20-17-26)49(10,47)48)34(44)38-27(21-22(4)5)18-15-25(9)32(42)40-30(23(6)7)35(45)37-13-3/h16-17,19-20,22-25,27,29-31H,11-15,18,21H2,1-10H3,(H,37,45)(H,38,44)(H,39,46)(H,40,42)(H,41,43)/t24-,25+,27+,29-,30-,31-/m0/s1. The van der Waals surface area contributed by atoms with Crippen LogP contribution in [0.1, 0.15) is 111 Å². The molecule has 0 bridgehead atoms. The molecule has 49 heavy (non-hydrogen) atoms. The maximum atomic E-state index is 13.6. The van der Waals surface area contributed by atoms with E-state index in [-0.39, 0.29) is 52.0 Å². The van der Waals surface area contributed by atoms with Gasteiger partial charge in [-0.05, 0) is 74.6 Å². The normalized spacial score (nSPS) is 15.3. The first-order chi connectivity index (χ1) is 22.9. The van der Waals surface area contributed by atoms with E-state index in [2.05, 4.69) is 26.6 Å². The van der Waals surface area contributed by atoms with Gasteiger partial charge in [0, 0.05) is 30.3 Å². The summed E-state index contributed by atoms with van der Waals surface area (Å²) in [6.45, 7) is 17.6. The summed E-state index contributed by atoms with van der Waals surface area (Å²) in [5.74, 6) is -2.26. The molecule has 278 valence electrons. The number of benzene rings is 1. The second-order valence-electron chi connectivity index (χ2n) is 13.9. The molecular formula is C36H61N5O7S. The van der Waals surface area contributed by atoms with Crippen molar-refractivity contribution in [2.24, 2.45) is 23.7 Å². The van der Waals surface area contributed by atoms with E-state index in [9.17, 15) is 32.4 Å². The van der Waals surface area contributed by atoms with E-state index < -0.39 is 45.7 Å². The Labute approximate surface area is 294 Å². The Morgan fingerprint density at radius 1 is 0.694 bits per heavy atom. The second-order valence-corrected chi connectivity index (χ2v) is 15.9. The van der Waals surface area contributed by atoms with Crippen molar-refractivity contribution in [2.75, 3.05) is 12.8 Å². The molecule has 0 aliphatic heterocycles. The highest BCUT2D eigenvalue weighted by Crippen LogP contribution is 2.17. The molecule has 13 heteroatoms. The number of hydrogen-bond acceptors (Lipinski definition) is 7. The van der Waals surface area contributed by atoms with E-state index in [1.54, 1.807) is 0 Å². The molecule has 0 radical (unpaired) electrons. The number of nitrogens with one attached hydrogen (secondary N) is 5. The van der Waals surface area contributed by atoms with Gasteiger partial charge in [0.2, 0.25) is 23.6 Å². The van der Waals surface area contributed by atoms with Crippen LogP contribution in [0.25, 0.3) is 0 Å². The van der Waals surface area contributed by atoms with Gasteiger partial charge in [0.1, 0.15) is 18.1 Å². The van der Waals surface area contributed by atoms with Gasteiger partial charge in [-0.1, -0.05) is 68.2 Å². The molecule has 0 aromatic heterocycles. The fraction of sp³-hybridized carbons (Fsp3) is 0.694. The molecule has 5 N–H and O–H groups in total. The Morgan fingerprint density at radius 3 is 1.80 bits per heavy atom. The molecular weight excluding hydrogens is 646 g/mol. The fourth-order valence-electron chi connectivity index (χ4n) is 5.42. The highest BCUT2D eigenvalue weighted by atomic mass is 32.2. The number of carbonyl (C=O) groups excluding carboxylic acids is 5. The van der Waals surface area contributed by atoms with Crippen LogP contribution in [0.5, 0.6) is 0 Å². The molecule has 12 nitrogen and oxygen atoms in total. The van der Waals surface area contributed by atoms with Gasteiger partial charge in [-0.2, -0.15) is 0 Å². The minimum Gasteiger partial charge on any atom is -0.355 e. The predicted octanol–water partition coefficient (Wildman–Crippen LogP) is 3.74. The first-order valence-corrected chi connectivity index (χ1v) is 19.5. The van der Waals surface area contributed by atoms with E-state index in [1.165, 1.54) is 24.3 Å². The van der Waals surface area contributed by atoms with Crippen LogP contribution in [0.3, 0.4) is 0 Å². The zero-order valence-corrected chi connectivity index (χ0v) is 32.0. The van der Waals surface area contributed by atoms with Gasteiger partial charge in [-0.25, -0.2) is 8.42 Å². The summed E-state index contributed by atoms with van der Waals surface area (Å²) in [6.07, 6.45) is 4.36. The van der Waals surface area contributed by atoms with Gasteiger partial charge in [0.15, 0.2) is 9.84 Å². The Kier molecular flexibility index (Phi) is 18.6. The molecule has 1 rings (SSSR count). The van der Waals surface area contributed by atoms with Crippen molar-refractivity contribution in [1.82, 2.24) is 26.6 Å². The number of hydrogen-bond donors (Lipinski definition) is 5. The molecule has 0 fully saturated rings. The van der Waals surface area contributed by atoms with E-state index in [0.717, 1.165) is 6.26 Å². The first-order valence-electron chi connectivity index (χ1n) is 17.7. The summed E-state index contributed by atoms with van der Waals surface area (Å²) in [7, 11) is -3.43. The predicted molar refractivity (Wildman–Crippen MR) is 192 cm³/mol. The largest absolute Gasteiger partial charge is 0.355 e. The lowest BCUT2D eigenvalue weighted by Crippen LogP contribution is -2.56. The molecule has 0 aliphatic rings. The summed E-state index contributed by atoms with van der Waals surface area (Å²) in [5, 5.41) is 14.4. The Bertz CT molecular complexity index is 1350. The van der Waals surface area contributed by atoms with Gasteiger partial charge >= 0.3 is 0 Å². The van der Waals surface area contributed by atoms with Crippen LogP contribution in [0.4, 0.5) is 0 Å². The third-order valence-electron chi connectivity index (χ3n) is 8.63. The number of carbonyl (C=O) groups is 5. The SMILES string of the molecule is CCC[C@H](NC(=O)[C@@H](NC(=O)c1ccc(S(C)(=O)=O)cc1)[C@@H](C)CC)C(=O)N[C@H](CC[C@@H](C)C(=O)N[C@H](C(=O)NCC)C(C)C)CC(C)C. The van der Waals surface area contributed by atoms with Gasteiger partial charge in [0.25, 0.3) is 5.91 Å². The van der Waals surface area contributed by atoms with Crippen LogP contribution < -0.4 is 26.6 Å². The topological polar surface area (TPSA) is 180 Å². The molecule has 0 saturated carbocycles. The minimum atomic E-state index is -3.43. The summed E-state index contributed by atoms with van der Waals surface area (Å²) >= 11 is 0. The van der Waals surface area contributed by atoms with Crippen molar-refractivity contribution in [3.05, 3.63) is 29.8 Å². The number of rotatable bonds is 21. The van der Waals surface area contributed by atoms with Crippen LogP contribution in [0.2, 0.25) is 0 Å². The Hall–Kier alpha value is -3.48. The number of sulfone groups is 1. The fourth-order valence-corrected chi connectivity index (χ4v) is 6.05. The third kappa shape index (κ3) is 14.9. The monoisotopic (exact) mass is 707 g/mol. The van der Waals surface area contributed by atoms with Crippen molar-refractivity contribution < 1.29 is 32.4 Å². The zero-order chi connectivity index (χ0) is 37.5. The van der Waals surface area contributed by atoms with Crippen LogP contribution >= 0.6 is 0 Å². The summed E-state index contributed by atoms with van der Waals surface area (Å²) in [5.41, 5.74) is 0.208. The summed E-state index contributed by atoms with van der Waals surface area (Å²) in [4.78, 5) is 65.9. The lowest BCUT2D eigenvalue weighted by atomic mass is 9.94. The van der Waals surface area contributed by atoms with E-state index >= 15 is 0 Å². The number of likely N-dealkylation sites (N-methyl/N-ethyl adjacent to an activating group) is 1. The third-order valence-corrected chi connectivity index (χ3v) is 9.76. The zero-order valence-electron chi connectivity index (χ0n) is 31.1. The lowest BCUT2D eigenvalue weighted by Gasteiger charge is -2.28. The lowest BCUT2D eigenvalue weighted by molar-refractivity contribution is -0.132. The van der Waals surface area contributed by atoms with E-state index in [0.29, 0.717) is 45.1 Å². The molecule has 0 heterocycles. The average Bonchev–Trinajstić information content (AvgIpc) is 3.03. The number of amides is 5. The smallest absolute Gasteiger partial charge is 0.251 e. The van der Waals surface area contributed by atoms with Crippen molar-refractivity contribution in [3.63, 3.8) is 0 Å². The Balaban J connectivity index is 3.03. The Morgan fingerprint density at radius 2 is 1.31 bits per heavy atom. The van der Waals surface area contributed by atoms with Crippen LogP contribution in [-0.4, -0.2) is 74.9 Å². The van der Waals surface area contributed by atoms with Crippen molar-refractivity contribution >= 4 is 39.4 Å². The van der Waals surface area contributed by atoms with Crippen LogP contribution in [-0.2, 0) is 29.0 Å². The highest BCUT2D eigenvalue weighted by Gasteiger charge is 2.31. The quantitative estimate of drug-likeness (QED) is 0.129. The minimum absolute atomic E-state index is 0.0805. The molecule has 0 unspecified atom stereocenters. The molecule has 0 saturated heterocycles.